The maximum atomic E-state index is 12.4. The van der Waals surface area contributed by atoms with Crippen LogP contribution in [0.2, 0.25) is 0 Å². The molecule has 0 unspecified atom stereocenters. The molecule has 0 saturated carbocycles. The highest BCUT2D eigenvalue weighted by Gasteiger charge is 2.24. The van der Waals surface area contributed by atoms with E-state index in [-0.39, 0.29) is 29.9 Å². The van der Waals surface area contributed by atoms with Crippen LogP contribution < -0.4 is 10.2 Å². The van der Waals surface area contributed by atoms with Crippen LogP contribution in [-0.2, 0) is 0 Å². The summed E-state index contributed by atoms with van der Waals surface area (Å²) >= 11 is 0. The van der Waals surface area contributed by atoms with Crippen molar-refractivity contribution < 1.29 is 9.21 Å². The second-order valence-electron chi connectivity index (χ2n) is 6.84. The molecule has 2 aromatic rings. The number of rotatable bonds is 6. The summed E-state index contributed by atoms with van der Waals surface area (Å²) in [6.07, 6.45) is 2.55. The van der Waals surface area contributed by atoms with Gasteiger partial charge in [0.05, 0.1) is 6.26 Å². The van der Waals surface area contributed by atoms with Crippen molar-refractivity contribution in [1.82, 2.24) is 15.1 Å². The van der Waals surface area contributed by atoms with Crippen molar-refractivity contribution in [2.45, 2.75) is 6.42 Å². The molecule has 0 bridgehead atoms. The molecular formula is C21H30IN5O2. The van der Waals surface area contributed by atoms with Crippen molar-refractivity contribution in [2.75, 3.05) is 58.3 Å². The topological polar surface area (TPSA) is 64.3 Å². The van der Waals surface area contributed by atoms with E-state index < -0.39 is 0 Å². The van der Waals surface area contributed by atoms with Gasteiger partial charge in [-0.2, -0.15) is 0 Å². The summed E-state index contributed by atoms with van der Waals surface area (Å²) in [6, 6.07) is 13.8. The zero-order valence-electron chi connectivity index (χ0n) is 17.1. The summed E-state index contributed by atoms with van der Waals surface area (Å²) in [5, 5.41) is 3.44. The van der Waals surface area contributed by atoms with Gasteiger partial charge in [-0.1, -0.05) is 18.2 Å². The molecular weight excluding hydrogens is 481 g/mol. The zero-order chi connectivity index (χ0) is 19.8. The van der Waals surface area contributed by atoms with Crippen molar-refractivity contribution >= 4 is 41.5 Å². The lowest BCUT2D eigenvalue weighted by atomic mass is 10.3. The second-order valence-corrected chi connectivity index (χ2v) is 6.84. The number of guanidine groups is 1. The molecule has 0 radical (unpaired) electrons. The summed E-state index contributed by atoms with van der Waals surface area (Å²) < 4.78 is 5.22. The molecule has 1 aromatic heterocycles. The normalized spacial score (nSPS) is 14.3. The van der Waals surface area contributed by atoms with E-state index >= 15 is 0 Å². The van der Waals surface area contributed by atoms with Crippen LogP contribution >= 0.6 is 24.0 Å². The second kappa shape index (κ2) is 11.7. The number of carbonyl (C=O) groups excluding carboxylic acids is 1. The van der Waals surface area contributed by atoms with Crippen LogP contribution in [0.25, 0.3) is 0 Å². The number of nitrogens with zero attached hydrogens (tertiary/aromatic N) is 4. The Morgan fingerprint density at radius 3 is 2.41 bits per heavy atom. The summed E-state index contributed by atoms with van der Waals surface area (Å²) in [4.78, 5) is 23.0. The molecule has 1 aromatic carbocycles. The van der Waals surface area contributed by atoms with Gasteiger partial charge in [-0.05, 0) is 30.7 Å². The fraction of sp³-hybridized carbons (Fsp3) is 0.429. The third kappa shape index (κ3) is 6.38. The lowest BCUT2D eigenvalue weighted by Crippen LogP contribution is -2.53. The number of carbonyl (C=O) groups is 1. The van der Waals surface area contributed by atoms with E-state index in [1.54, 1.807) is 19.2 Å². The maximum Gasteiger partial charge on any atom is 0.289 e. The van der Waals surface area contributed by atoms with Crippen LogP contribution in [0.1, 0.15) is 17.0 Å². The Bertz CT molecular complexity index is 759. The fourth-order valence-electron chi connectivity index (χ4n) is 3.34. The van der Waals surface area contributed by atoms with Gasteiger partial charge < -0.3 is 24.4 Å². The first kappa shape index (κ1) is 23.1. The minimum absolute atomic E-state index is 0. The molecule has 29 heavy (non-hydrogen) atoms. The maximum absolute atomic E-state index is 12.4. The van der Waals surface area contributed by atoms with Gasteiger partial charge in [-0.25, -0.2) is 0 Å². The number of furan rings is 1. The zero-order valence-corrected chi connectivity index (χ0v) is 19.4. The molecule has 1 aliphatic rings. The average Bonchev–Trinajstić information content (AvgIpc) is 3.29. The molecule has 1 aliphatic heterocycles. The molecule has 2 heterocycles. The number of hydrogen-bond acceptors (Lipinski definition) is 4. The van der Waals surface area contributed by atoms with E-state index in [4.69, 9.17) is 4.42 Å². The Morgan fingerprint density at radius 1 is 1.10 bits per heavy atom. The predicted molar refractivity (Wildman–Crippen MR) is 127 cm³/mol. The van der Waals surface area contributed by atoms with Gasteiger partial charge in [0.2, 0.25) is 0 Å². The predicted octanol–water partition coefficient (Wildman–Crippen LogP) is 2.76. The van der Waals surface area contributed by atoms with Gasteiger partial charge in [-0.15, -0.1) is 24.0 Å². The van der Waals surface area contributed by atoms with Crippen molar-refractivity contribution in [3.05, 3.63) is 54.5 Å². The first-order valence-electron chi connectivity index (χ1n) is 9.73. The molecule has 158 valence electrons. The molecule has 1 N–H and O–H groups in total. The lowest BCUT2D eigenvalue weighted by Gasteiger charge is -2.36. The Hall–Kier alpha value is -2.23. The van der Waals surface area contributed by atoms with Gasteiger partial charge in [0.15, 0.2) is 11.7 Å². The molecule has 8 heteroatoms. The Labute approximate surface area is 189 Å². The molecule has 0 aliphatic carbocycles. The molecule has 0 atom stereocenters. The van der Waals surface area contributed by atoms with Crippen LogP contribution in [0.5, 0.6) is 0 Å². The molecule has 1 amide bonds. The molecule has 3 rings (SSSR count). The number of amides is 1. The summed E-state index contributed by atoms with van der Waals surface area (Å²) in [6.45, 7) is 4.68. The minimum atomic E-state index is -0.0449. The van der Waals surface area contributed by atoms with E-state index in [0.29, 0.717) is 18.8 Å². The number of para-hydroxylation sites is 1. The largest absolute Gasteiger partial charge is 0.459 e. The third-order valence-corrected chi connectivity index (χ3v) is 4.96. The van der Waals surface area contributed by atoms with Crippen molar-refractivity contribution in [3.8, 4) is 0 Å². The fourth-order valence-corrected chi connectivity index (χ4v) is 3.34. The number of hydrogen-bond donors (Lipinski definition) is 1. The quantitative estimate of drug-likeness (QED) is 0.280. The van der Waals surface area contributed by atoms with Crippen LogP contribution in [0.3, 0.4) is 0 Å². The molecule has 7 nitrogen and oxygen atoms in total. The van der Waals surface area contributed by atoms with Crippen molar-refractivity contribution in [2.24, 2.45) is 4.99 Å². The summed E-state index contributed by atoms with van der Waals surface area (Å²) in [5.41, 5.74) is 1.23. The van der Waals surface area contributed by atoms with E-state index in [9.17, 15) is 4.79 Å². The number of nitrogens with one attached hydrogen (secondary N) is 1. The minimum Gasteiger partial charge on any atom is -0.459 e. The highest BCUT2D eigenvalue weighted by atomic mass is 127. The van der Waals surface area contributed by atoms with E-state index in [1.807, 2.05) is 11.0 Å². The molecule has 1 fully saturated rings. The Morgan fingerprint density at radius 2 is 1.79 bits per heavy atom. The van der Waals surface area contributed by atoms with Gasteiger partial charge >= 0.3 is 0 Å². The van der Waals surface area contributed by atoms with Gasteiger partial charge in [0.1, 0.15) is 0 Å². The van der Waals surface area contributed by atoms with Crippen LogP contribution in [-0.4, -0.2) is 75.0 Å². The van der Waals surface area contributed by atoms with Crippen molar-refractivity contribution in [3.63, 3.8) is 0 Å². The van der Waals surface area contributed by atoms with Crippen LogP contribution in [0.15, 0.2) is 58.1 Å². The van der Waals surface area contributed by atoms with Crippen LogP contribution in [0.4, 0.5) is 5.69 Å². The monoisotopic (exact) mass is 511 g/mol. The SMILES string of the molecule is CN=C(NCCCN(C)c1ccccc1)N1CCN(C(=O)c2ccco2)CC1.I. The first-order chi connectivity index (χ1) is 13.7. The van der Waals surface area contributed by atoms with E-state index in [1.165, 1.54) is 12.0 Å². The van der Waals surface area contributed by atoms with Crippen LogP contribution in [0, 0.1) is 0 Å². The van der Waals surface area contributed by atoms with E-state index in [0.717, 1.165) is 38.6 Å². The average molecular weight is 511 g/mol. The highest BCUT2D eigenvalue weighted by Crippen LogP contribution is 2.11. The Balaban J connectivity index is 0.00000300. The standard InChI is InChI=1S/C21H29N5O2.HI/c1-22-21(23-11-7-12-24(2)18-8-4-3-5-9-18)26-15-13-25(14-16-26)20(27)19-10-6-17-28-19;/h3-6,8-10,17H,7,11-16H2,1-2H3,(H,22,23);1H. The lowest BCUT2D eigenvalue weighted by molar-refractivity contribution is 0.0658. The van der Waals surface area contributed by atoms with Gasteiger partial charge in [0, 0.05) is 59.1 Å². The molecule has 1 saturated heterocycles. The summed E-state index contributed by atoms with van der Waals surface area (Å²) in [5.74, 6) is 1.25. The summed E-state index contributed by atoms with van der Waals surface area (Å²) in [7, 11) is 3.91. The number of aliphatic imine (C=N–C) groups is 1. The Kier molecular flexibility index (Phi) is 9.30. The number of piperazine rings is 1. The van der Waals surface area contributed by atoms with Crippen molar-refractivity contribution in [1.29, 1.82) is 0 Å². The van der Waals surface area contributed by atoms with Gasteiger partial charge in [-0.3, -0.25) is 9.79 Å². The number of benzene rings is 1. The van der Waals surface area contributed by atoms with E-state index in [2.05, 4.69) is 51.4 Å². The third-order valence-electron chi connectivity index (χ3n) is 4.96. The number of anilines is 1. The highest BCUT2D eigenvalue weighted by molar-refractivity contribution is 14.0. The van der Waals surface area contributed by atoms with Gasteiger partial charge in [0.25, 0.3) is 5.91 Å². The smallest absolute Gasteiger partial charge is 0.289 e. The first-order valence-corrected chi connectivity index (χ1v) is 9.73. The molecule has 0 spiro atoms. The number of halogens is 1.